The molecular weight excluding hydrogens is 494 g/mol. The highest BCUT2D eigenvalue weighted by Gasteiger charge is 2.19. The molecule has 3 aromatic rings. The number of ether oxygens (including phenoxy) is 2. The van der Waals surface area contributed by atoms with E-state index >= 15 is 0 Å². The van der Waals surface area contributed by atoms with Gasteiger partial charge in [-0.25, -0.2) is 22.9 Å². The van der Waals surface area contributed by atoms with Crippen LogP contribution >= 0.6 is 11.6 Å². The number of nitrogens with zero attached hydrogens (tertiary/aromatic N) is 2. The van der Waals surface area contributed by atoms with Gasteiger partial charge in [-0.15, -0.1) is 0 Å². The minimum absolute atomic E-state index is 0.0809. The van der Waals surface area contributed by atoms with Crippen LogP contribution in [0.1, 0.15) is 11.3 Å². The number of hydrogen-bond donors (Lipinski definition) is 2. The Morgan fingerprint density at radius 2 is 1.97 bits per heavy atom. The fourth-order valence-electron chi connectivity index (χ4n) is 2.68. The Bertz CT molecular complexity index is 1430. The molecule has 3 rings (SSSR count). The van der Waals surface area contributed by atoms with Crippen molar-refractivity contribution in [1.82, 2.24) is 4.98 Å². The first kappa shape index (κ1) is 24.8. The molecule has 1 aromatic heterocycles. The lowest BCUT2D eigenvalue weighted by Crippen LogP contribution is -2.22. The quantitative estimate of drug-likeness (QED) is 0.495. The zero-order valence-corrected chi connectivity index (χ0v) is 18.9. The van der Waals surface area contributed by atoms with Crippen molar-refractivity contribution in [1.29, 1.82) is 5.26 Å². The van der Waals surface area contributed by atoms with Crippen LogP contribution in [0, 0.1) is 29.9 Å². The molecule has 0 aliphatic carbocycles. The van der Waals surface area contributed by atoms with Gasteiger partial charge in [0.15, 0.2) is 23.2 Å². The molecule has 13 heteroatoms. The van der Waals surface area contributed by atoms with Crippen LogP contribution in [0.5, 0.6) is 17.2 Å². The number of nitrogens with two attached hydrogens (primary N) is 1. The van der Waals surface area contributed by atoms with Crippen molar-refractivity contribution in [2.45, 2.75) is 11.9 Å². The van der Waals surface area contributed by atoms with Crippen LogP contribution in [-0.2, 0) is 14.8 Å². The molecule has 9 nitrogen and oxygen atoms in total. The third-order valence-electron chi connectivity index (χ3n) is 4.22. The van der Waals surface area contributed by atoms with Crippen LogP contribution in [0.4, 0.5) is 14.5 Å². The molecule has 1 heterocycles. The Balaban J connectivity index is 1.73. The van der Waals surface area contributed by atoms with Gasteiger partial charge in [0.05, 0.1) is 23.0 Å². The zero-order chi connectivity index (χ0) is 25.0. The van der Waals surface area contributed by atoms with Crippen molar-refractivity contribution in [3.8, 4) is 23.3 Å². The molecule has 1 amide bonds. The zero-order valence-electron chi connectivity index (χ0n) is 17.3. The molecule has 0 aliphatic rings. The first-order chi connectivity index (χ1) is 16.0. The molecule has 176 valence electrons. The molecule has 0 saturated carbocycles. The van der Waals surface area contributed by atoms with E-state index < -0.39 is 45.7 Å². The molecule has 34 heavy (non-hydrogen) atoms. The van der Waals surface area contributed by atoms with E-state index in [1.807, 2.05) is 6.07 Å². The van der Waals surface area contributed by atoms with Gasteiger partial charge in [0.1, 0.15) is 5.75 Å². The number of aryl methyl sites for hydroxylation is 1. The number of anilines is 1. The van der Waals surface area contributed by atoms with Gasteiger partial charge < -0.3 is 14.8 Å². The standard InChI is InChI=1S/C21H15ClF2N4O5S/c1-11-16(3-5-19(27-11)34(26,30)31)28-18(29)10-32-17-4-2-15(23)21(20(17)24)33-14-7-12(9-25)6-13(22)8-14/h2-8H,10H2,1H3,(H,28,29)(H2,26,30,31). The fourth-order valence-corrected chi connectivity index (χ4v) is 3.43. The number of hydrogen-bond acceptors (Lipinski definition) is 7. The highest BCUT2D eigenvalue weighted by molar-refractivity contribution is 7.89. The summed E-state index contributed by atoms with van der Waals surface area (Å²) in [6.45, 7) is 0.774. The number of nitriles is 1. The molecule has 0 aliphatic heterocycles. The number of carbonyl (C=O) groups is 1. The predicted molar refractivity (Wildman–Crippen MR) is 117 cm³/mol. The lowest BCUT2D eigenvalue weighted by molar-refractivity contribution is -0.118. The van der Waals surface area contributed by atoms with E-state index in [1.165, 1.54) is 31.2 Å². The molecule has 0 radical (unpaired) electrons. The number of primary sulfonamides is 1. The number of pyridine rings is 1. The highest BCUT2D eigenvalue weighted by atomic mass is 35.5. The lowest BCUT2D eigenvalue weighted by Gasteiger charge is -2.13. The van der Waals surface area contributed by atoms with E-state index in [9.17, 15) is 22.0 Å². The minimum atomic E-state index is -4.01. The van der Waals surface area contributed by atoms with Crippen LogP contribution in [0.2, 0.25) is 5.02 Å². The number of halogens is 3. The SMILES string of the molecule is Cc1nc(S(N)(=O)=O)ccc1NC(=O)COc1ccc(F)c(Oc2cc(Cl)cc(C#N)c2)c1F. The largest absolute Gasteiger partial charge is 0.481 e. The number of sulfonamides is 1. The maximum absolute atomic E-state index is 14.8. The van der Waals surface area contributed by atoms with Crippen LogP contribution in [0.3, 0.4) is 0 Å². The first-order valence-electron chi connectivity index (χ1n) is 9.27. The van der Waals surface area contributed by atoms with Crippen molar-refractivity contribution in [2.75, 3.05) is 11.9 Å². The second kappa shape index (κ2) is 10.0. The van der Waals surface area contributed by atoms with Crippen LogP contribution < -0.4 is 19.9 Å². The van der Waals surface area contributed by atoms with E-state index in [2.05, 4.69) is 10.3 Å². The Kier molecular flexibility index (Phi) is 7.31. The molecular formula is C21H15ClF2N4O5S. The third-order valence-corrected chi connectivity index (χ3v) is 5.25. The van der Waals surface area contributed by atoms with Gasteiger partial charge in [-0.05, 0) is 49.4 Å². The fraction of sp³-hybridized carbons (Fsp3) is 0.0952. The Hall–Kier alpha value is -3.79. The Labute approximate surface area is 197 Å². The number of amides is 1. The van der Waals surface area contributed by atoms with E-state index in [-0.39, 0.29) is 32.7 Å². The molecule has 0 saturated heterocycles. The number of nitrogens with one attached hydrogen (secondary N) is 1. The molecule has 0 spiro atoms. The van der Waals surface area contributed by atoms with Crippen LogP contribution in [0.15, 0.2) is 47.5 Å². The van der Waals surface area contributed by atoms with Gasteiger partial charge in [0.25, 0.3) is 15.9 Å². The number of rotatable bonds is 7. The summed E-state index contributed by atoms with van der Waals surface area (Å²) in [4.78, 5) is 16.0. The monoisotopic (exact) mass is 508 g/mol. The van der Waals surface area contributed by atoms with Gasteiger partial charge in [-0.3, -0.25) is 4.79 Å². The third kappa shape index (κ3) is 5.96. The molecule has 2 aromatic carbocycles. The first-order valence-corrected chi connectivity index (χ1v) is 11.2. The van der Waals surface area contributed by atoms with E-state index in [1.54, 1.807) is 0 Å². The van der Waals surface area contributed by atoms with Crippen molar-refractivity contribution >= 4 is 33.2 Å². The van der Waals surface area contributed by atoms with E-state index in [0.717, 1.165) is 18.2 Å². The summed E-state index contributed by atoms with van der Waals surface area (Å²) < 4.78 is 62.0. The summed E-state index contributed by atoms with van der Waals surface area (Å²) in [6, 6.07) is 9.92. The molecule has 3 N–H and O–H groups in total. The summed E-state index contributed by atoms with van der Waals surface area (Å²) in [5.41, 5.74) is 0.468. The van der Waals surface area contributed by atoms with Crippen molar-refractivity contribution in [3.05, 3.63) is 70.4 Å². The van der Waals surface area contributed by atoms with Gasteiger partial charge in [0.2, 0.25) is 11.6 Å². The van der Waals surface area contributed by atoms with E-state index in [4.69, 9.17) is 31.5 Å². The molecule has 0 fully saturated rings. The summed E-state index contributed by atoms with van der Waals surface area (Å²) >= 11 is 5.87. The van der Waals surface area contributed by atoms with Crippen molar-refractivity contribution in [3.63, 3.8) is 0 Å². The highest BCUT2D eigenvalue weighted by Crippen LogP contribution is 2.34. The van der Waals surface area contributed by atoms with Gasteiger partial charge in [-0.2, -0.15) is 9.65 Å². The summed E-state index contributed by atoms with van der Waals surface area (Å²) in [7, 11) is -4.01. The van der Waals surface area contributed by atoms with E-state index in [0.29, 0.717) is 0 Å². The van der Waals surface area contributed by atoms with Gasteiger partial charge >= 0.3 is 0 Å². The maximum atomic E-state index is 14.8. The topological polar surface area (TPSA) is 144 Å². The van der Waals surface area contributed by atoms with Crippen LogP contribution in [-0.4, -0.2) is 25.9 Å². The molecule has 0 unspecified atom stereocenters. The normalized spacial score (nSPS) is 10.9. The predicted octanol–water partition coefficient (Wildman–Crippen LogP) is 3.65. The summed E-state index contributed by atoms with van der Waals surface area (Å²) in [5, 5.41) is 16.2. The minimum Gasteiger partial charge on any atom is -0.481 e. The van der Waals surface area contributed by atoms with Gasteiger partial charge in [0, 0.05) is 5.02 Å². The second-order valence-electron chi connectivity index (χ2n) is 6.74. The summed E-state index contributed by atoms with van der Waals surface area (Å²) in [6.07, 6.45) is 0. The average Bonchev–Trinajstić information content (AvgIpc) is 2.76. The Morgan fingerprint density at radius 3 is 2.62 bits per heavy atom. The average molecular weight is 509 g/mol. The van der Waals surface area contributed by atoms with Gasteiger partial charge in [-0.1, -0.05) is 11.6 Å². The number of aromatic nitrogens is 1. The van der Waals surface area contributed by atoms with Crippen molar-refractivity contribution in [2.24, 2.45) is 5.14 Å². The lowest BCUT2D eigenvalue weighted by atomic mass is 10.2. The molecule has 0 atom stereocenters. The van der Waals surface area contributed by atoms with Crippen molar-refractivity contribution < 1.29 is 31.5 Å². The molecule has 0 bridgehead atoms. The smallest absolute Gasteiger partial charge is 0.262 e. The number of carbonyl (C=O) groups excluding carboxylic acids is 1. The Morgan fingerprint density at radius 1 is 1.24 bits per heavy atom. The number of benzene rings is 2. The summed E-state index contributed by atoms with van der Waals surface area (Å²) in [5.74, 6) is -4.38. The van der Waals surface area contributed by atoms with Crippen LogP contribution in [0.25, 0.3) is 0 Å². The second-order valence-corrected chi connectivity index (χ2v) is 8.69. The maximum Gasteiger partial charge on any atom is 0.262 e.